The van der Waals surface area contributed by atoms with Gasteiger partial charge in [-0.25, -0.2) is 0 Å². The van der Waals surface area contributed by atoms with E-state index in [4.69, 9.17) is 9.79 Å². The fraction of sp³-hybridized carbons (Fsp3) is 0.700. The van der Waals surface area contributed by atoms with Crippen molar-refractivity contribution in [2.45, 2.75) is 38.8 Å². The summed E-state index contributed by atoms with van der Waals surface area (Å²) in [5.41, 5.74) is -0.170. The third kappa shape index (κ3) is 6.05. The van der Waals surface area contributed by atoms with Gasteiger partial charge in [0.25, 0.3) is 0 Å². The molecular weight excluding hydrogens is 229 g/mol. The molecule has 0 aromatic carbocycles. The van der Waals surface area contributed by atoms with Crippen LogP contribution in [0, 0.1) is 0 Å². The number of hydrogen-bond donors (Lipinski definition) is 3. The van der Waals surface area contributed by atoms with Gasteiger partial charge < -0.3 is 15.1 Å². The quantitative estimate of drug-likeness (QED) is 0.362. The average Bonchev–Trinajstić information content (AvgIpc) is 2.15. The van der Waals surface area contributed by atoms with Gasteiger partial charge in [0.05, 0.1) is 5.66 Å². The zero-order chi connectivity index (χ0) is 12.8. The molecule has 0 aromatic heterocycles. The van der Waals surface area contributed by atoms with E-state index in [1.807, 2.05) is 0 Å². The van der Waals surface area contributed by atoms with Crippen molar-refractivity contribution in [2.75, 3.05) is 6.54 Å². The smallest absolute Gasteiger partial charge is 0.328 e. The maximum absolute atomic E-state index is 11.1. The SMILES string of the molecule is C=C(C)C(=O)NCCCC(CC)P(=O)(O)O. The Balaban J connectivity index is 3.85. The fourth-order valence-corrected chi connectivity index (χ4v) is 2.30. The first-order valence-corrected chi connectivity index (χ1v) is 6.96. The molecular formula is C10H20NO4P. The Kier molecular flexibility index (Phi) is 6.56. The highest BCUT2D eigenvalue weighted by molar-refractivity contribution is 7.52. The Hall–Kier alpha value is -0.640. The molecule has 0 bridgehead atoms. The second-order valence-electron chi connectivity index (χ2n) is 3.83. The molecule has 0 rings (SSSR count). The van der Waals surface area contributed by atoms with Crippen LogP contribution in [0.4, 0.5) is 0 Å². The Morgan fingerprint density at radius 2 is 2.06 bits per heavy atom. The summed E-state index contributed by atoms with van der Waals surface area (Å²) in [7, 11) is -3.99. The van der Waals surface area contributed by atoms with Crippen LogP contribution in [0.15, 0.2) is 12.2 Å². The largest absolute Gasteiger partial charge is 0.352 e. The van der Waals surface area contributed by atoms with Gasteiger partial charge in [0.2, 0.25) is 5.91 Å². The molecule has 1 atom stereocenters. The van der Waals surface area contributed by atoms with E-state index in [1.165, 1.54) is 0 Å². The standard InChI is InChI=1S/C10H20NO4P/c1-4-9(16(13,14)15)6-5-7-11-10(12)8(2)3/h9H,2,4-7H2,1,3H3,(H,11,12)(H2,13,14,15). The summed E-state index contributed by atoms with van der Waals surface area (Å²) in [6, 6.07) is 0. The second kappa shape index (κ2) is 6.84. The lowest BCUT2D eigenvalue weighted by atomic mass is 10.2. The zero-order valence-electron chi connectivity index (χ0n) is 9.77. The molecule has 94 valence electrons. The first-order valence-electron chi connectivity index (χ1n) is 5.28. The summed E-state index contributed by atoms with van der Waals surface area (Å²) >= 11 is 0. The van der Waals surface area contributed by atoms with Crippen LogP contribution in [-0.4, -0.2) is 27.9 Å². The lowest BCUT2D eigenvalue weighted by Crippen LogP contribution is -2.25. The molecule has 0 spiro atoms. The zero-order valence-corrected chi connectivity index (χ0v) is 10.7. The third-order valence-electron chi connectivity index (χ3n) is 2.33. The van der Waals surface area contributed by atoms with Gasteiger partial charge in [-0.3, -0.25) is 9.36 Å². The Labute approximate surface area is 96.1 Å². The van der Waals surface area contributed by atoms with Crippen LogP contribution >= 0.6 is 7.60 Å². The van der Waals surface area contributed by atoms with Crippen molar-refractivity contribution in [3.63, 3.8) is 0 Å². The number of hydrogen-bond acceptors (Lipinski definition) is 2. The van der Waals surface area contributed by atoms with Crippen LogP contribution in [0.1, 0.15) is 33.1 Å². The molecule has 6 heteroatoms. The van der Waals surface area contributed by atoms with E-state index in [-0.39, 0.29) is 5.91 Å². The second-order valence-corrected chi connectivity index (χ2v) is 5.74. The van der Waals surface area contributed by atoms with E-state index in [0.717, 1.165) is 0 Å². The Morgan fingerprint density at radius 3 is 2.44 bits per heavy atom. The lowest BCUT2D eigenvalue weighted by Gasteiger charge is -2.16. The van der Waals surface area contributed by atoms with Crippen molar-refractivity contribution in [3.8, 4) is 0 Å². The highest BCUT2D eigenvalue weighted by Gasteiger charge is 2.25. The van der Waals surface area contributed by atoms with E-state index in [9.17, 15) is 9.36 Å². The first kappa shape index (κ1) is 15.4. The Morgan fingerprint density at radius 1 is 1.50 bits per heavy atom. The molecule has 0 aliphatic carbocycles. The number of amides is 1. The summed E-state index contributed by atoms with van der Waals surface area (Å²) in [6.45, 7) is 7.26. The van der Waals surface area contributed by atoms with Crippen LogP contribution < -0.4 is 5.32 Å². The monoisotopic (exact) mass is 249 g/mol. The lowest BCUT2D eigenvalue weighted by molar-refractivity contribution is -0.117. The summed E-state index contributed by atoms with van der Waals surface area (Å²) in [5.74, 6) is -0.218. The predicted octanol–water partition coefficient (Wildman–Crippen LogP) is 1.42. The summed E-state index contributed by atoms with van der Waals surface area (Å²) in [6.07, 6.45) is 1.42. The van der Waals surface area contributed by atoms with Crippen molar-refractivity contribution >= 4 is 13.5 Å². The van der Waals surface area contributed by atoms with Gasteiger partial charge in [0.15, 0.2) is 0 Å². The highest BCUT2D eigenvalue weighted by Crippen LogP contribution is 2.44. The van der Waals surface area contributed by atoms with Crippen LogP contribution in [0.25, 0.3) is 0 Å². The molecule has 0 saturated carbocycles. The van der Waals surface area contributed by atoms with E-state index in [1.54, 1.807) is 13.8 Å². The normalized spacial score (nSPS) is 13.2. The minimum Gasteiger partial charge on any atom is -0.352 e. The number of nitrogens with one attached hydrogen (secondary N) is 1. The molecule has 3 N–H and O–H groups in total. The van der Waals surface area contributed by atoms with E-state index in [0.29, 0.717) is 31.4 Å². The van der Waals surface area contributed by atoms with Crippen LogP contribution in [0.5, 0.6) is 0 Å². The van der Waals surface area contributed by atoms with Crippen molar-refractivity contribution in [1.82, 2.24) is 5.32 Å². The predicted molar refractivity (Wildman–Crippen MR) is 63.2 cm³/mol. The first-order chi connectivity index (χ1) is 7.29. The van der Waals surface area contributed by atoms with Gasteiger partial charge in [-0.1, -0.05) is 13.5 Å². The molecule has 0 saturated heterocycles. The van der Waals surface area contributed by atoms with Gasteiger partial charge in [-0.2, -0.15) is 0 Å². The fourth-order valence-electron chi connectivity index (χ4n) is 1.30. The molecule has 0 heterocycles. The molecule has 5 nitrogen and oxygen atoms in total. The molecule has 0 aromatic rings. The molecule has 0 fully saturated rings. The van der Waals surface area contributed by atoms with E-state index in [2.05, 4.69) is 11.9 Å². The minimum atomic E-state index is -3.99. The van der Waals surface area contributed by atoms with Crippen LogP contribution in [0.2, 0.25) is 0 Å². The molecule has 1 amide bonds. The molecule has 0 radical (unpaired) electrons. The number of rotatable bonds is 7. The molecule has 1 unspecified atom stereocenters. The van der Waals surface area contributed by atoms with Gasteiger partial charge in [-0.15, -0.1) is 0 Å². The minimum absolute atomic E-state index is 0.218. The van der Waals surface area contributed by atoms with Crippen LogP contribution in [0.3, 0.4) is 0 Å². The van der Waals surface area contributed by atoms with Gasteiger partial charge >= 0.3 is 7.60 Å². The third-order valence-corrected chi connectivity index (χ3v) is 3.91. The molecule has 0 aliphatic rings. The van der Waals surface area contributed by atoms with Crippen molar-refractivity contribution in [3.05, 3.63) is 12.2 Å². The number of carbonyl (C=O) groups excluding carboxylic acids is 1. The van der Waals surface area contributed by atoms with Crippen molar-refractivity contribution < 1.29 is 19.1 Å². The molecule has 16 heavy (non-hydrogen) atoms. The summed E-state index contributed by atoms with van der Waals surface area (Å²) < 4.78 is 11.0. The maximum atomic E-state index is 11.1. The van der Waals surface area contributed by atoms with E-state index < -0.39 is 13.3 Å². The Bertz CT molecular complexity index is 297. The maximum Gasteiger partial charge on any atom is 0.328 e. The highest BCUT2D eigenvalue weighted by atomic mass is 31.2. The van der Waals surface area contributed by atoms with E-state index >= 15 is 0 Å². The van der Waals surface area contributed by atoms with Crippen molar-refractivity contribution in [1.29, 1.82) is 0 Å². The van der Waals surface area contributed by atoms with Crippen molar-refractivity contribution in [2.24, 2.45) is 0 Å². The summed E-state index contributed by atoms with van der Waals surface area (Å²) in [5, 5.41) is 2.62. The van der Waals surface area contributed by atoms with Gasteiger partial charge in [0.1, 0.15) is 0 Å². The van der Waals surface area contributed by atoms with Gasteiger partial charge in [0, 0.05) is 12.1 Å². The van der Waals surface area contributed by atoms with Gasteiger partial charge in [-0.05, 0) is 26.2 Å². The average molecular weight is 249 g/mol. The number of carbonyl (C=O) groups is 1. The summed E-state index contributed by atoms with van der Waals surface area (Å²) in [4.78, 5) is 29.1. The van der Waals surface area contributed by atoms with Crippen LogP contribution in [-0.2, 0) is 9.36 Å². The topological polar surface area (TPSA) is 86.6 Å². The molecule has 0 aliphatic heterocycles.